The predicted octanol–water partition coefficient (Wildman–Crippen LogP) is -0.271. The minimum atomic E-state index is -0.110. The molecule has 0 saturated heterocycles. The number of hydrogen-bond donors (Lipinski definition) is 2. The lowest BCUT2D eigenvalue weighted by molar-refractivity contribution is -0.120. The molecule has 0 aliphatic carbocycles. The molecule has 13 heavy (non-hydrogen) atoms. The highest BCUT2D eigenvalue weighted by molar-refractivity contribution is 7.80. The summed E-state index contributed by atoms with van der Waals surface area (Å²) in [4.78, 5) is 13.3. The fourth-order valence-electron chi connectivity index (χ4n) is 0.665. The third-order valence-electron chi connectivity index (χ3n) is 1.81. The first-order valence-electron chi connectivity index (χ1n) is 4.15. The Balaban J connectivity index is 3.64. The Kier molecular flexibility index (Phi) is 5.57. The topological polar surface area (TPSA) is 58.4 Å². The van der Waals surface area contributed by atoms with Gasteiger partial charge < -0.3 is 16.0 Å². The Morgan fingerprint density at radius 3 is 2.54 bits per heavy atom. The maximum atomic E-state index is 11.1. The van der Waals surface area contributed by atoms with Crippen molar-refractivity contribution in [1.82, 2.24) is 10.2 Å². The van der Waals surface area contributed by atoms with Crippen molar-refractivity contribution < 1.29 is 4.79 Å². The van der Waals surface area contributed by atoms with Crippen molar-refractivity contribution in [3.63, 3.8) is 0 Å². The van der Waals surface area contributed by atoms with E-state index in [0.717, 1.165) is 0 Å². The summed E-state index contributed by atoms with van der Waals surface area (Å²) < 4.78 is 0. The first kappa shape index (κ1) is 12.3. The average molecular weight is 203 g/mol. The lowest BCUT2D eigenvalue weighted by atomic mass is 10.3. The highest BCUT2D eigenvalue weighted by Gasteiger charge is 2.07. The monoisotopic (exact) mass is 203 g/mol. The van der Waals surface area contributed by atoms with Crippen molar-refractivity contribution in [2.24, 2.45) is 5.73 Å². The van der Waals surface area contributed by atoms with E-state index in [4.69, 9.17) is 5.73 Å². The molecular formula is C8H17N3OS. The van der Waals surface area contributed by atoms with Gasteiger partial charge in [0.1, 0.15) is 0 Å². The van der Waals surface area contributed by atoms with Crippen LogP contribution in [0, 0.1) is 0 Å². The number of nitrogens with zero attached hydrogens (tertiary/aromatic N) is 1. The first-order valence-corrected chi connectivity index (χ1v) is 4.55. The zero-order valence-electron chi connectivity index (χ0n) is 8.33. The molecule has 0 spiro atoms. The molecule has 3 N–H and O–H groups in total. The van der Waals surface area contributed by atoms with Gasteiger partial charge in [-0.3, -0.25) is 4.79 Å². The van der Waals surface area contributed by atoms with Crippen molar-refractivity contribution in [1.29, 1.82) is 0 Å². The van der Waals surface area contributed by atoms with Crippen LogP contribution in [0.25, 0.3) is 0 Å². The minimum Gasteiger partial charge on any atom is -0.393 e. The number of carbonyl (C=O) groups is 1. The molecule has 0 aromatic heterocycles. The number of amides is 1. The number of carbonyl (C=O) groups excluding carboxylic acids is 1. The van der Waals surface area contributed by atoms with Crippen molar-refractivity contribution in [3.05, 3.63) is 0 Å². The van der Waals surface area contributed by atoms with Crippen LogP contribution in [0.1, 0.15) is 13.3 Å². The van der Waals surface area contributed by atoms with Gasteiger partial charge in [0.05, 0.1) is 11.4 Å². The molecule has 4 nitrogen and oxygen atoms in total. The fourth-order valence-corrected chi connectivity index (χ4v) is 0.796. The molecule has 0 radical (unpaired) electrons. The molecule has 1 atom stereocenters. The van der Waals surface area contributed by atoms with Gasteiger partial charge in [0, 0.05) is 12.6 Å². The number of hydrogen-bond acceptors (Lipinski definition) is 3. The molecule has 0 rings (SSSR count). The van der Waals surface area contributed by atoms with Crippen LogP contribution in [0.4, 0.5) is 0 Å². The second kappa shape index (κ2) is 5.88. The molecule has 0 fully saturated rings. The van der Waals surface area contributed by atoms with E-state index in [1.807, 2.05) is 25.9 Å². The van der Waals surface area contributed by atoms with Gasteiger partial charge in [-0.2, -0.15) is 0 Å². The summed E-state index contributed by atoms with van der Waals surface area (Å²) >= 11 is 4.61. The van der Waals surface area contributed by atoms with Crippen LogP contribution in [-0.2, 0) is 4.79 Å². The minimum absolute atomic E-state index is 0.110. The summed E-state index contributed by atoms with van der Waals surface area (Å²) in [7, 11) is 3.93. The molecule has 5 heteroatoms. The van der Waals surface area contributed by atoms with E-state index in [-0.39, 0.29) is 17.3 Å². The Bertz CT molecular complexity index is 194. The van der Waals surface area contributed by atoms with Gasteiger partial charge in [0.2, 0.25) is 5.91 Å². The molecule has 0 saturated carbocycles. The van der Waals surface area contributed by atoms with Crippen LogP contribution >= 0.6 is 12.2 Å². The summed E-state index contributed by atoms with van der Waals surface area (Å²) in [6, 6.07) is 0.315. The van der Waals surface area contributed by atoms with E-state index in [2.05, 4.69) is 17.5 Å². The third kappa shape index (κ3) is 6.48. The Hall–Kier alpha value is -0.680. The standard InChI is InChI=1S/C8H17N3OS/c1-6(11(2)3)5-10-8(12)4-7(9)13/h6H,4-5H2,1-3H3,(H2,9,13)(H,10,12). The third-order valence-corrected chi connectivity index (χ3v) is 1.96. The normalized spacial score (nSPS) is 12.6. The molecule has 1 amide bonds. The molecule has 0 bridgehead atoms. The van der Waals surface area contributed by atoms with Gasteiger partial charge in [-0.05, 0) is 21.0 Å². The number of likely N-dealkylation sites (N-methyl/N-ethyl adjacent to an activating group) is 1. The van der Waals surface area contributed by atoms with Gasteiger partial charge >= 0.3 is 0 Å². The fraction of sp³-hybridized carbons (Fsp3) is 0.750. The molecule has 1 unspecified atom stereocenters. The van der Waals surface area contributed by atoms with Crippen LogP contribution in [0.2, 0.25) is 0 Å². The van der Waals surface area contributed by atoms with Crippen LogP contribution in [0.5, 0.6) is 0 Å². The largest absolute Gasteiger partial charge is 0.393 e. The molecule has 0 aromatic rings. The van der Waals surface area contributed by atoms with Gasteiger partial charge in [-0.25, -0.2) is 0 Å². The summed E-state index contributed by atoms with van der Waals surface area (Å²) in [6.45, 7) is 2.65. The predicted molar refractivity (Wildman–Crippen MR) is 57.6 cm³/mol. The maximum absolute atomic E-state index is 11.1. The van der Waals surface area contributed by atoms with E-state index in [0.29, 0.717) is 12.6 Å². The Morgan fingerprint density at radius 1 is 1.62 bits per heavy atom. The second-order valence-corrected chi connectivity index (χ2v) is 3.78. The zero-order chi connectivity index (χ0) is 10.4. The van der Waals surface area contributed by atoms with Crippen molar-refractivity contribution in [2.45, 2.75) is 19.4 Å². The summed E-state index contributed by atoms with van der Waals surface area (Å²) in [5, 5.41) is 2.75. The SMILES string of the molecule is CC(CNC(=O)CC(N)=S)N(C)C. The summed E-state index contributed by atoms with van der Waals surface area (Å²) in [5.41, 5.74) is 5.22. The van der Waals surface area contributed by atoms with Crippen molar-refractivity contribution >= 4 is 23.1 Å². The molecule has 0 heterocycles. The lowest BCUT2D eigenvalue weighted by Gasteiger charge is -2.19. The van der Waals surface area contributed by atoms with Crippen LogP contribution in [-0.4, -0.2) is 42.5 Å². The van der Waals surface area contributed by atoms with Crippen LogP contribution in [0.15, 0.2) is 0 Å². The van der Waals surface area contributed by atoms with Crippen LogP contribution in [0.3, 0.4) is 0 Å². The lowest BCUT2D eigenvalue weighted by Crippen LogP contribution is -2.39. The van der Waals surface area contributed by atoms with Gasteiger partial charge in [0.15, 0.2) is 0 Å². The van der Waals surface area contributed by atoms with E-state index < -0.39 is 0 Å². The highest BCUT2D eigenvalue weighted by Crippen LogP contribution is 1.89. The maximum Gasteiger partial charge on any atom is 0.226 e. The number of nitrogens with two attached hydrogens (primary N) is 1. The summed E-state index contributed by atoms with van der Waals surface area (Å²) in [6.07, 6.45) is 0.134. The average Bonchev–Trinajstić information content (AvgIpc) is 1.98. The number of thiocarbonyl (C=S) groups is 1. The molecule has 0 aromatic carbocycles. The highest BCUT2D eigenvalue weighted by atomic mass is 32.1. The quantitative estimate of drug-likeness (QED) is 0.604. The smallest absolute Gasteiger partial charge is 0.226 e. The Labute approximate surface area is 84.5 Å². The number of rotatable bonds is 5. The molecule has 0 aliphatic heterocycles. The first-order chi connectivity index (χ1) is 5.93. The van der Waals surface area contributed by atoms with Crippen molar-refractivity contribution in [2.75, 3.05) is 20.6 Å². The number of nitrogens with one attached hydrogen (secondary N) is 1. The second-order valence-electron chi connectivity index (χ2n) is 3.26. The Morgan fingerprint density at radius 2 is 2.15 bits per heavy atom. The van der Waals surface area contributed by atoms with E-state index in [1.165, 1.54) is 0 Å². The van der Waals surface area contributed by atoms with Gasteiger partial charge in [0.25, 0.3) is 0 Å². The molecular weight excluding hydrogens is 186 g/mol. The van der Waals surface area contributed by atoms with Crippen molar-refractivity contribution in [3.8, 4) is 0 Å². The van der Waals surface area contributed by atoms with Gasteiger partial charge in [-0.15, -0.1) is 0 Å². The van der Waals surface area contributed by atoms with E-state index in [9.17, 15) is 4.79 Å². The molecule has 0 aliphatic rings. The van der Waals surface area contributed by atoms with Crippen LogP contribution < -0.4 is 11.1 Å². The van der Waals surface area contributed by atoms with Gasteiger partial charge in [-0.1, -0.05) is 12.2 Å². The zero-order valence-corrected chi connectivity index (χ0v) is 9.15. The van der Waals surface area contributed by atoms with E-state index >= 15 is 0 Å². The van der Waals surface area contributed by atoms with E-state index in [1.54, 1.807) is 0 Å². The molecule has 76 valence electrons. The summed E-state index contributed by atoms with van der Waals surface area (Å²) in [5.74, 6) is -0.110.